The van der Waals surface area contributed by atoms with Crippen LogP contribution in [-0.2, 0) is 10.0 Å². The molecule has 1 rings (SSSR count). The van der Waals surface area contributed by atoms with Crippen molar-refractivity contribution in [2.75, 3.05) is 18.9 Å². The van der Waals surface area contributed by atoms with Gasteiger partial charge in [-0.15, -0.1) is 0 Å². The standard InChI is InChI=1S/C14H23ClN2O3S/c1-10-7-11(15)13(8-12(10)16)21(19,20)17-9-14(2,3)5-4-6-18/h7-8,17-18H,4-6,9,16H2,1-3H3. The molecule has 0 atom stereocenters. The molecule has 0 amide bonds. The van der Waals surface area contributed by atoms with Gasteiger partial charge in [-0.1, -0.05) is 25.4 Å². The SMILES string of the molecule is Cc1cc(Cl)c(S(=O)(=O)NCC(C)(C)CCCO)cc1N. The maximum absolute atomic E-state index is 12.3. The number of hydrogen-bond donors (Lipinski definition) is 3. The highest BCUT2D eigenvalue weighted by molar-refractivity contribution is 7.89. The summed E-state index contributed by atoms with van der Waals surface area (Å²) in [4.78, 5) is -0.00905. The van der Waals surface area contributed by atoms with Crippen LogP contribution in [0.15, 0.2) is 17.0 Å². The molecule has 0 saturated carbocycles. The maximum Gasteiger partial charge on any atom is 0.242 e. The van der Waals surface area contributed by atoms with Gasteiger partial charge in [0.1, 0.15) is 4.90 Å². The second kappa shape index (κ2) is 6.96. The van der Waals surface area contributed by atoms with Crippen molar-refractivity contribution in [3.05, 3.63) is 22.7 Å². The van der Waals surface area contributed by atoms with E-state index in [9.17, 15) is 8.42 Å². The number of nitrogen functional groups attached to an aromatic ring is 1. The molecule has 0 unspecified atom stereocenters. The fourth-order valence-corrected chi connectivity index (χ4v) is 3.75. The zero-order chi connectivity index (χ0) is 16.3. The largest absolute Gasteiger partial charge is 0.398 e. The van der Waals surface area contributed by atoms with E-state index in [1.165, 1.54) is 6.07 Å². The summed E-state index contributed by atoms with van der Waals surface area (Å²) >= 11 is 6.01. The number of rotatable bonds is 7. The molecule has 21 heavy (non-hydrogen) atoms. The Morgan fingerprint density at radius 2 is 2.00 bits per heavy atom. The van der Waals surface area contributed by atoms with Crippen molar-refractivity contribution in [1.82, 2.24) is 4.72 Å². The van der Waals surface area contributed by atoms with Crippen LogP contribution in [0.4, 0.5) is 5.69 Å². The fraction of sp³-hybridized carbons (Fsp3) is 0.571. The molecule has 0 bridgehead atoms. The van der Waals surface area contributed by atoms with Crippen molar-refractivity contribution in [3.8, 4) is 0 Å². The van der Waals surface area contributed by atoms with Crippen molar-refractivity contribution < 1.29 is 13.5 Å². The molecule has 0 aromatic heterocycles. The van der Waals surface area contributed by atoms with Crippen molar-refractivity contribution in [2.45, 2.75) is 38.5 Å². The van der Waals surface area contributed by atoms with E-state index >= 15 is 0 Å². The number of sulfonamides is 1. The fourth-order valence-electron chi connectivity index (χ4n) is 1.89. The van der Waals surface area contributed by atoms with Gasteiger partial charge in [0, 0.05) is 18.8 Å². The maximum atomic E-state index is 12.3. The monoisotopic (exact) mass is 334 g/mol. The number of aryl methyl sites for hydroxylation is 1. The van der Waals surface area contributed by atoms with E-state index in [1.807, 2.05) is 13.8 Å². The van der Waals surface area contributed by atoms with Crippen LogP contribution in [0.1, 0.15) is 32.3 Å². The molecular weight excluding hydrogens is 312 g/mol. The van der Waals surface area contributed by atoms with Gasteiger partial charge in [-0.2, -0.15) is 0 Å². The van der Waals surface area contributed by atoms with Gasteiger partial charge >= 0.3 is 0 Å². The van der Waals surface area contributed by atoms with E-state index in [2.05, 4.69) is 4.72 Å². The van der Waals surface area contributed by atoms with Crippen molar-refractivity contribution >= 4 is 27.3 Å². The van der Waals surface area contributed by atoms with Crippen LogP contribution in [0.25, 0.3) is 0 Å². The van der Waals surface area contributed by atoms with Crippen molar-refractivity contribution in [3.63, 3.8) is 0 Å². The molecule has 0 aliphatic rings. The number of halogens is 1. The van der Waals surface area contributed by atoms with Gasteiger partial charge in [0.25, 0.3) is 0 Å². The smallest absolute Gasteiger partial charge is 0.242 e. The molecule has 0 aliphatic heterocycles. The molecular formula is C14H23ClN2O3S. The van der Waals surface area contributed by atoms with Crippen LogP contribution < -0.4 is 10.5 Å². The number of aliphatic hydroxyl groups excluding tert-OH is 1. The molecule has 0 fully saturated rings. The van der Waals surface area contributed by atoms with E-state index < -0.39 is 10.0 Å². The average Bonchev–Trinajstić information content (AvgIpc) is 2.38. The number of hydrogen-bond acceptors (Lipinski definition) is 4. The first-order valence-corrected chi connectivity index (χ1v) is 8.61. The van der Waals surface area contributed by atoms with E-state index in [-0.39, 0.29) is 28.5 Å². The summed E-state index contributed by atoms with van der Waals surface area (Å²) in [5.74, 6) is 0. The molecule has 0 spiro atoms. The Morgan fingerprint density at radius 3 is 2.57 bits per heavy atom. The number of nitrogens with one attached hydrogen (secondary N) is 1. The molecule has 0 radical (unpaired) electrons. The van der Waals surface area contributed by atoms with Crippen LogP contribution in [0, 0.1) is 12.3 Å². The number of nitrogens with two attached hydrogens (primary N) is 1. The molecule has 0 aliphatic carbocycles. The quantitative estimate of drug-likeness (QED) is 0.667. The minimum absolute atomic E-state index is 0.00905. The second-order valence-corrected chi connectivity index (χ2v) is 8.10. The second-order valence-electron chi connectivity index (χ2n) is 5.96. The van der Waals surface area contributed by atoms with Crippen LogP contribution in [0.5, 0.6) is 0 Å². The highest BCUT2D eigenvalue weighted by Crippen LogP contribution is 2.28. The third kappa shape index (κ3) is 5.14. The summed E-state index contributed by atoms with van der Waals surface area (Å²) in [5.41, 5.74) is 6.63. The van der Waals surface area contributed by atoms with E-state index in [0.29, 0.717) is 12.1 Å². The first-order valence-electron chi connectivity index (χ1n) is 6.75. The van der Waals surface area contributed by atoms with Crippen molar-refractivity contribution in [2.24, 2.45) is 5.41 Å². The first kappa shape index (κ1) is 18.2. The summed E-state index contributed by atoms with van der Waals surface area (Å²) in [5, 5.41) is 9.01. The van der Waals surface area contributed by atoms with Crippen LogP contribution in [0.3, 0.4) is 0 Å². The zero-order valence-corrected chi connectivity index (χ0v) is 14.2. The van der Waals surface area contributed by atoms with Crippen LogP contribution in [0.2, 0.25) is 5.02 Å². The summed E-state index contributed by atoms with van der Waals surface area (Å²) in [6.07, 6.45) is 1.35. The summed E-state index contributed by atoms with van der Waals surface area (Å²) in [7, 11) is -3.71. The van der Waals surface area contributed by atoms with E-state index in [4.69, 9.17) is 22.4 Å². The minimum Gasteiger partial charge on any atom is -0.398 e. The lowest BCUT2D eigenvalue weighted by molar-refractivity contribution is 0.242. The molecule has 120 valence electrons. The molecule has 0 heterocycles. The van der Waals surface area contributed by atoms with E-state index in [1.54, 1.807) is 13.0 Å². The Balaban J connectivity index is 2.90. The Labute approximate surface area is 131 Å². The predicted octanol–water partition coefficient (Wildman–Crippen LogP) is 2.31. The zero-order valence-electron chi connectivity index (χ0n) is 12.6. The third-order valence-electron chi connectivity index (χ3n) is 3.36. The van der Waals surface area contributed by atoms with Crippen LogP contribution in [-0.4, -0.2) is 26.7 Å². The van der Waals surface area contributed by atoms with Gasteiger partial charge in [0.2, 0.25) is 10.0 Å². The van der Waals surface area contributed by atoms with Gasteiger partial charge in [0.05, 0.1) is 5.02 Å². The molecule has 5 nitrogen and oxygen atoms in total. The lowest BCUT2D eigenvalue weighted by Gasteiger charge is -2.24. The van der Waals surface area contributed by atoms with Gasteiger partial charge < -0.3 is 10.8 Å². The highest BCUT2D eigenvalue weighted by Gasteiger charge is 2.24. The van der Waals surface area contributed by atoms with Gasteiger partial charge in [-0.05, 0) is 42.9 Å². The third-order valence-corrected chi connectivity index (χ3v) is 5.23. The number of anilines is 1. The minimum atomic E-state index is -3.71. The summed E-state index contributed by atoms with van der Waals surface area (Å²) < 4.78 is 27.2. The Bertz CT molecular complexity index is 600. The molecule has 4 N–H and O–H groups in total. The summed E-state index contributed by atoms with van der Waals surface area (Å²) in [6, 6.07) is 2.92. The number of aliphatic hydroxyl groups is 1. The summed E-state index contributed by atoms with van der Waals surface area (Å²) in [6.45, 7) is 6.01. The molecule has 1 aromatic carbocycles. The van der Waals surface area contributed by atoms with Gasteiger partial charge in [-0.25, -0.2) is 13.1 Å². The lowest BCUT2D eigenvalue weighted by Crippen LogP contribution is -2.34. The molecule has 1 aromatic rings. The first-order chi connectivity index (χ1) is 9.59. The molecule has 7 heteroatoms. The Morgan fingerprint density at radius 1 is 1.38 bits per heavy atom. The Kier molecular flexibility index (Phi) is 6.04. The Hall–Kier alpha value is -0.820. The normalized spacial score (nSPS) is 12.6. The lowest BCUT2D eigenvalue weighted by atomic mass is 9.88. The van der Waals surface area contributed by atoms with E-state index in [0.717, 1.165) is 12.0 Å². The highest BCUT2D eigenvalue weighted by atomic mass is 35.5. The van der Waals surface area contributed by atoms with Crippen LogP contribution >= 0.6 is 11.6 Å². The van der Waals surface area contributed by atoms with Crippen molar-refractivity contribution in [1.29, 1.82) is 0 Å². The molecule has 0 saturated heterocycles. The van der Waals surface area contributed by atoms with Gasteiger partial charge in [0.15, 0.2) is 0 Å². The number of benzene rings is 1. The average molecular weight is 335 g/mol. The predicted molar refractivity (Wildman–Crippen MR) is 85.9 cm³/mol. The van der Waals surface area contributed by atoms with Gasteiger partial charge in [-0.3, -0.25) is 0 Å². The topological polar surface area (TPSA) is 92.4 Å².